The van der Waals surface area contributed by atoms with Crippen molar-refractivity contribution in [2.75, 3.05) is 45.5 Å². The van der Waals surface area contributed by atoms with Crippen LogP contribution in [0.15, 0.2) is 12.1 Å². The van der Waals surface area contributed by atoms with Gasteiger partial charge in [0, 0.05) is 26.3 Å². The molecule has 9 heteroatoms. The summed E-state index contributed by atoms with van der Waals surface area (Å²) in [6.45, 7) is 2.11. The van der Waals surface area contributed by atoms with Gasteiger partial charge in [-0.15, -0.1) is 0 Å². The molecule has 1 aromatic carbocycles. The molecule has 1 atom stereocenters. The first-order valence-electron chi connectivity index (χ1n) is 7.15. The minimum Gasteiger partial charge on any atom is -0.493 e. The summed E-state index contributed by atoms with van der Waals surface area (Å²) in [6, 6.07) is 2.66. The summed E-state index contributed by atoms with van der Waals surface area (Å²) in [5.74, 6) is 0.211. The predicted molar refractivity (Wildman–Crippen MR) is 91.6 cm³/mol. The largest absolute Gasteiger partial charge is 0.493 e. The Balaban J connectivity index is 3.41. The molecule has 0 saturated heterocycles. The maximum absolute atomic E-state index is 12.6. The zero-order valence-corrected chi connectivity index (χ0v) is 15.6. The normalized spacial score (nSPS) is 12.4. The van der Waals surface area contributed by atoms with Crippen LogP contribution in [0.5, 0.6) is 11.5 Å². The number of ether oxygens (including phenoxy) is 3. The van der Waals surface area contributed by atoms with E-state index in [0.29, 0.717) is 18.1 Å². The molecule has 0 aromatic heterocycles. The minimum absolute atomic E-state index is 0.156. The number of methoxy groups -OCH3 is 3. The van der Waals surface area contributed by atoms with Crippen LogP contribution >= 0.6 is 0 Å². The van der Waals surface area contributed by atoms with Gasteiger partial charge in [-0.1, -0.05) is 0 Å². The fraction of sp³-hybridized carbons (Fsp3) is 0.533. The first kappa shape index (κ1) is 20.0. The van der Waals surface area contributed by atoms with E-state index in [1.54, 1.807) is 6.92 Å². The summed E-state index contributed by atoms with van der Waals surface area (Å²) in [4.78, 5) is 12.6. The average molecular weight is 360 g/mol. The number of nitrogens with one attached hydrogen (secondary N) is 1. The zero-order valence-electron chi connectivity index (χ0n) is 14.7. The van der Waals surface area contributed by atoms with Crippen LogP contribution in [0.4, 0.5) is 5.69 Å². The van der Waals surface area contributed by atoms with Crippen molar-refractivity contribution in [2.45, 2.75) is 13.0 Å². The van der Waals surface area contributed by atoms with Gasteiger partial charge in [0.05, 0.1) is 38.3 Å². The van der Waals surface area contributed by atoms with Crippen LogP contribution in [0, 0.1) is 0 Å². The summed E-state index contributed by atoms with van der Waals surface area (Å²) in [7, 11) is 2.20. The van der Waals surface area contributed by atoms with Crippen LogP contribution in [0.2, 0.25) is 0 Å². The first-order valence-corrected chi connectivity index (χ1v) is 9.00. The Bertz CT molecular complexity index is 689. The highest BCUT2D eigenvalue weighted by Gasteiger charge is 2.24. The molecule has 0 heterocycles. The topological polar surface area (TPSA) is 94.2 Å². The number of hydrogen-bond donors (Lipinski definition) is 1. The van der Waals surface area contributed by atoms with Gasteiger partial charge in [-0.25, -0.2) is 8.42 Å². The summed E-state index contributed by atoms with van der Waals surface area (Å²) >= 11 is 0. The Hall–Kier alpha value is -2.00. The van der Waals surface area contributed by atoms with Crippen LogP contribution in [0.3, 0.4) is 0 Å². The van der Waals surface area contributed by atoms with Crippen molar-refractivity contribution in [3.05, 3.63) is 17.7 Å². The number of rotatable bonds is 8. The lowest BCUT2D eigenvalue weighted by Gasteiger charge is -2.23. The fourth-order valence-electron chi connectivity index (χ4n) is 2.08. The molecule has 24 heavy (non-hydrogen) atoms. The molecule has 0 aliphatic rings. The van der Waals surface area contributed by atoms with E-state index in [-0.39, 0.29) is 17.3 Å². The van der Waals surface area contributed by atoms with Gasteiger partial charge in [-0.2, -0.15) is 0 Å². The number of carbonyl (C=O) groups excluding carboxylic acids is 1. The Labute approximate surface area is 142 Å². The smallest absolute Gasteiger partial charge is 0.253 e. The standard InChI is InChI=1S/C15H24N2O6S/c1-10(9-21-3)16-15(18)11-7-13(22-4)14(23-5)8-12(11)17(2)24(6,19)20/h7-8,10H,9H2,1-6H3,(H,16,18)/t10-/m0/s1. The molecule has 136 valence electrons. The lowest BCUT2D eigenvalue weighted by atomic mass is 10.1. The molecule has 8 nitrogen and oxygen atoms in total. The van der Waals surface area contributed by atoms with Gasteiger partial charge in [-0.05, 0) is 13.0 Å². The summed E-state index contributed by atoms with van der Waals surface area (Å²) in [5, 5.41) is 2.75. The Morgan fingerprint density at radius 3 is 2.21 bits per heavy atom. The molecule has 0 unspecified atom stereocenters. The van der Waals surface area contributed by atoms with Crippen LogP contribution < -0.4 is 19.1 Å². The van der Waals surface area contributed by atoms with Crippen LogP contribution in [-0.4, -0.2) is 61.6 Å². The average Bonchev–Trinajstić information content (AvgIpc) is 2.51. The summed E-state index contributed by atoms with van der Waals surface area (Å²) in [6.07, 6.45) is 1.05. The Kier molecular flexibility index (Phi) is 6.85. The first-order chi connectivity index (χ1) is 11.1. The molecule has 0 saturated carbocycles. The maximum Gasteiger partial charge on any atom is 0.253 e. The van der Waals surface area contributed by atoms with E-state index in [9.17, 15) is 13.2 Å². The molecule has 1 aromatic rings. The second kappa shape index (κ2) is 8.20. The van der Waals surface area contributed by atoms with E-state index in [2.05, 4.69) is 5.32 Å². The third kappa shape index (κ3) is 4.75. The van der Waals surface area contributed by atoms with Gasteiger partial charge in [0.2, 0.25) is 10.0 Å². The van der Waals surface area contributed by atoms with Gasteiger partial charge in [-0.3, -0.25) is 9.10 Å². The number of hydrogen-bond acceptors (Lipinski definition) is 6. The molecule has 0 bridgehead atoms. The highest BCUT2D eigenvalue weighted by Crippen LogP contribution is 2.35. The van der Waals surface area contributed by atoms with E-state index in [1.165, 1.54) is 40.5 Å². The monoisotopic (exact) mass is 360 g/mol. The van der Waals surface area contributed by atoms with Gasteiger partial charge >= 0.3 is 0 Å². The van der Waals surface area contributed by atoms with Gasteiger partial charge in [0.25, 0.3) is 5.91 Å². The molecular weight excluding hydrogens is 336 g/mol. The number of sulfonamides is 1. The fourth-order valence-corrected chi connectivity index (χ4v) is 2.59. The predicted octanol–water partition coefficient (Wildman–Crippen LogP) is 0.864. The summed E-state index contributed by atoms with van der Waals surface area (Å²) < 4.78 is 40.2. The van der Waals surface area contributed by atoms with E-state index >= 15 is 0 Å². The maximum atomic E-state index is 12.6. The molecule has 0 spiro atoms. The highest BCUT2D eigenvalue weighted by atomic mass is 32.2. The van der Waals surface area contributed by atoms with Crippen LogP contribution in [0.1, 0.15) is 17.3 Å². The van der Waals surface area contributed by atoms with E-state index in [4.69, 9.17) is 14.2 Å². The summed E-state index contributed by atoms with van der Waals surface area (Å²) in [5.41, 5.74) is 0.348. The van der Waals surface area contributed by atoms with E-state index < -0.39 is 15.9 Å². The molecule has 0 aliphatic heterocycles. The third-order valence-corrected chi connectivity index (χ3v) is 4.57. The molecule has 0 radical (unpaired) electrons. The highest BCUT2D eigenvalue weighted by molar-refractivity contribution is 7.92. The molecular formula is C15H24N2O6S. The van der Waals surface area contributed by atoms with Crippen molar-refractivity contribution in [1.29, 1.82) is 0 Å². The number of anilines is 1. The number of amides is 1. The molecule has 0 fully saturated rings. The number of nitrogens with zero attached hydrogens (tertiary/aromatic N) is 1. The second-order valence-corrected chi connectivity index (χ2v) is 7.30. The lowest BCUT2D eigenvalue weighted by molar-refractivity contribution is 0.0906. The lowest BCUT2D eigenvalue weighted by Crippen LogP contribution is -2.37. The van der Waals surface area contributed by atoms with Crippen molar-refractivity contribution in [1.82, 2.24) is 5.32 Å². The van der Waals surface area contributed by atoms with Crippen molar-refractivity contribution in [3.8, 4) is 11.5 Å². The molecule has 1 rings (SSSR count). The third-order valence-electron chi connectivity index (χ3n) is 3.38. The van der Waals surface area contributed by atoms with Crippen molar-refractivity contribution < 1.29 is 27.4 Å². The van der Waals surface area contributed by atoms with Gasteiger partial charge in [0.1, 0.15) is 0 Å². The SMILES string of the molecule is COC[C@H](C)NC(=O)c1cc(OC)c(OC)cc1N(C)S(C)(=O)=O. The van der Waals surface area contributed by atoms with Gasteiger partial charge in [0.15, 0.2) is 11.5 Å². The molecule has 0 aliphatic carbocycles. The van der Waals surface area contributed by atoms with Crippen molar-refractivity contribution in [3.63, 3.8) is 0 Å². The van der Waals surface area contributed by atoms with Crippen molar-refractivity contribution in [2.24, 2.45) is 0 Å². The molecule has 1 N–H and O–H groups in total. The number of carbonyl (C=O) groups is 1. The quantitative estimate of drug-likeness (QED) is 0.739. The second-order valence-electron chi connectivity index (χ2n) is 5.28. The Morgan fingerprint density at radius 1 is 1.21 bits per heavy atom. The van der Waals surface area contributed by atoms with Gasteiger partial charge < -0.3 is 19.5 Å². The van der Waals surface area contributed by atoms with Crippen LogP contribution in [-0.2, 0) is 14.8 Å². The molecule has 1 amide bonds. The number of benzene rings is 1. The minimum atomic E-state index is -3.56. The van der Waals surface area contributed by atoms with E-state index in [0.717, 1.165) is 10.6 Å². The van der Waals surface area contributed by atoms with Crippen molar-refractivity contribution >= 4 is 21.6 Å². The van der Waals surface area contributed by atoms with Crippen LogP contribution in [0.25, 0.3) is 0 Å². The van der Waals surface area contributed by atoms with E-state index in [1.807, 2.05) is 0 Å². The zero-order chi connectivity index (χ0) is 18.5. The Morgan fingerprint density at radius 2 is 1.75 bits per heavy atom.